The first-order chi connectivity index (χ1) is 14.8. The molecule has 11 heteroatoms. The summed E-state index contributed by atoms with van der Waals surface area (Å²) in [5, 5.41) is 1.60. The Kier molecular flexibility index (Phi) is 4.83. The largest absolute Gasteiger partial charge is 0.469 e. The van der Waals surface area contributed by atoms with E-state index in [0.717, 1.165) is 18.0 Å². The molecular formula is C20H22F3N5O2S. The van der Waals surface area contributed by atoms with Crippen molar-refractivity contribution in [3.05, 3.63) is 17.3 Å². The van der Waals surface area contributed by atoms with Gasteiger partial charge in [-0.05, 0) is 42.6 Å². The lowest BCUT2D eigenvalue weighted by Gasteiger charge is -2.39. The van der Waals surface area contributed by atoms with Crippen LogP contribution in [0, 0.1) is 17.8 Å². The summed E-state index contributed by atoms with van der Waals surface area (Å²) in [5.74, 6) is 0.951. The van der Waals surface area contributed by atoms with Crippen molar-refractivity contribution < 1.29 is 22.7 Å². The van der Waals surface area contributed by atoms with Gasteiger partial charge in [0.15, 0.2) is 5.69 Å². The van der Waals surface area contributed by atoms with E-state index >= 15 is 0 Å². The van der Waals surface area contributed by atoms with E-state index in [1.807, 2.05) is 16.7 Å². The van der Waals surface area contributed by atoms with Gasteiger partial charge in [0.1, 0.15) is 5.82 Å². The van der Waals surface area contributed by atoms with E-state index in [0.29, 0.717) is 37.4 Å². The minimum absolute atomic E-state index is 0.0102. The zero-order chi connectivity index (χ0) is 21.9. The summed E-state index contributed by atoms with van der Waals surface area (Å²) in [6.07, 6.45) is -1.92. The second kappa shape index (κ2) is 7.32. The van der Waals surface area contributed by atoms with Gasteiger partial charge < -0.3 is 14.5 Å². The molecule has 2 aromatic heterocycles. The van der Waals surface area contributed by atoms with E-state index in [4.69, 9.17) is 4.74 Å². The number of fused-ring (bicyclic) bond motifs is 1. The van der Waals surface area contributed by atoms with Crippen LogP contribution in [0.2, 0.25) is 0 Å². The van der Waals surface area contributed by atoms with Crippen molar-refractivity contribution in [1.29, 1.82) is 0 Å². The fraction of sp³-hybridized carbons (Fsp3) is 0.600. The number of anilines is 2. The van der Waals surface area contributed by atoms with E-state index in [2.05, 4.69) is 14.3 Å². The third-order valence-electron chi connectivity index (χ3n) is 6.75. The summed E-state index contributed by atoms with van der Waals surface area (Å²) in [4.78, 5) is 24.0. The predicted molar refractivity (Wildman–Crippen MR) is 109 cm³/mol. The van der Waals surface area contributed by atoms with Crippen LogP contribution >= 0.6 is 11.5 Å². The highest BCUT2D eigenvalue weighted by Gasteiger charge is 2.57. The molecule has 0 spiro atoms. The van der Waals surface area contributed by atoms with E-state index in [-0.39, 0.29) is 41.3 Å². The first-order valence-electron chi connectivity index (χ1n) is 10.2. The van der Waals surface area contributed by atoms with Crippen molar-refractivity contribution in [3.63, 3.8) is 0 Å². The molecule has 4 atom stereocenters. The lowest BCUT2D eigenvalue weighted by molar-refractivity contribution is -0.141. The number of esters is 1. The summed E-state index contributed by atoms with van der Waals surface area (Å²) in [6, 6.07) is 0.110. The number of halogens is 3. The Morgan fingerprint density at radius 3 is 2.55 bits per heavy atom. The van der Waals surface area contributed by atoms with Gasteiger partial charge in [0.05, 0.1) is 12.7 Å². The lowest BCUT2D eigenvalue weighted by Crippen LogP contribution is -2.47. The topological polar surface area (TPSA) is 71.5 Å². The predicted octanol–water partition coefficient (Wildman–Crippen LogP) is 3.46. The number of alkyl halides is 3. The Morgan fingerprint density at radius 1 is 1.29 bits per heavy atom. The van der Waals surface area contributed by atoms with Crippen LogP contribution in [-0.2, 0) is 15.7 Å². The van der Waals surface area contributed by atoms with Crippen LogP contribution in [0.3, 0.4) is 0 Å². The normalized spacial score (nSPS) is 27.1. The number of ether oxygens (including phenoxy) is 1. The maximum Gasteiger partial charge on any atom is 0.434 e. The first-order valence-corrected chi connectivity index (χ1v) is 11.1. The molecule has 1 saturated carbocycles. The van der Waals surface area contributed by atoms with Crippen LogP contribution in [0.5, 0.6) is 0 Å². The summed E-state index contributed by atoms with van der Waals surface area (Å²) < 4.78 is 51.1. The number of aromatic nitrogens is 3. The number of hydrogen-bond acceptors (Lipinski definition) is 8. The van der Waals surface area contributed by atoms with Crippen molar-refractivity contribution in [2.75, 3.05) is 36.5 Å². The highest BCUT2D eigenvalue weighted by molar-refractivity contribution is 7.03. The molecule has 2 aliphatic heterocycles. The zero-order valence-electron chi connectivity index (χ0n) is 17.1. The van der Waals surface area contributed by atoms with Gasteiger partial charge in [0.25, 0.3) is 0 Å². The third kappa shape index (κ3) is 3.52. The van der Waals surface area contributed by atoms with E-state index < -0.39 is 11.9 Å². The van der Waals surface area contributed by atoms with Crippen molar-refractivity contribution in [2.45, 2.75) is 32.0 Å². The molecule has 3 aliphatic rings. The number of hydrogen-bond donors (Lipinski definition) is 0. The molecule has 166 valence electrons. The van der Waals surface area contributed by atoms with Gasteiger partial charge in [-0.15, -0.1) is 0 Å². The molecule has 7 nitrogen and oxygen atoms in total. The van der Waals surface area contributed by atoms with Gasteiger partial charge in [-0.3, -0.25) is 4.79 Å². The molecule has 0 radical (unpaired) electrons. The van der Waals surface area contributed by atoms with E-state index in [9.17, 15) is 18.0 Å². The molecule has 3 fully saturated rings. The van der Waals surface area contributed by atoms with Crippen molar-refractivity contribution in [2.24, 2.45) is 17.8 Å². The molecule has 2 saturated heterocycles. The van der Waals surface area contributed by atoms with Crippen LogP contribution in [-0.4, -0.2) is 53.1 Å². The van der Waals surface area contributed by atoms with Crippen molar-refractivity contribution in [3.8, 4) is 11.1 Å². The van der Waals surface area contributed by atoms with Gasteiger partial charge >= 0.3 is 12.1 Å². The van der Waals surface area contributed by atoms with Gasteiger partial charge in [0.2, 0.25) is 5.95 Å². The van der Waals surface area contributed by atoms with E-state index in [1.165, 1.54) is 13.3 Å². The molecule has 4 heterocycles. The first kappa shape index (κ1) is 20.5. The maximum atomic E-state index is 14.1. The molecular weight excluding hydrogens is 431 g/mol. The molecule has 0 amide bonds. The summed E-state index contributed by atoms with van der Waals surface area (Å²) in [5.41, 5.74) is -0.551. The number of rotatable bonds is 5. The number of carbonyl (C=O) groups excluding carboxylic acids is 1. The average Bonchev–Trinajstić information content (AvgIpc) is 3.15. The molecule has 5 rings (SSSR count). The van der Waals surface area contributed by atoms with Crippen LogP contribution in [0.25, 0.3) is 11.1 Å². The van der Waals surface area contributed by atoms with Gasteiger partial charge in [-0.25, -0.2) is 9.36 Å². The molecule has 31 heavy (non-hydrogen) atoms. The Hall–Kier alpha value is -2.43. The van der Waals surface area contributed by atoms with Crippen LogP contribution in [0.4, 0.5) is 24.9 Å². The zero-order valence-corrected chi connectivity index (χ0v) is 17.9. The van der Waals surface area contributed by atoms with Crippen molar-refractivity contribution >= 4 is 29.3 Å². The highest BCUT2D eigenvalue weighted by Crippen LogP contribution is 2.55. The number of nitrogens with zero attached hydrogens (tertiary/aromatic N) is 5. The lowest BCUT2D eigenvalue weighted by atomic mass is 10.0. The maximum absolute atomic E-state index is 14.1. The summed E-state index contributed by atoms with van der Waals surface area (Å²) >= 11 is 1.10. The fourth-order valence-electron chi connectivity index (χ4n) is 4.81. The number of methoxy groups -OCH3 is 1. The molecule has 1 aliphatic carbocycles. The molecule has 2 unspecified atom stereocenters. The number of carbonyl (C=O) groups is 1. The van der Waals surface area contributed by atoms with E-state index in [1.54, 1.807) is 5.38 Å². The summed E-state index contributed by atoms with van der Waals surface area (Å²) in [7, 11) is 1.37. The Balaban J connectivity index is 1.53. The van der Waals surface area contributed by atoms with Gasteiger partial charge in [-0.1, -0.05) is 0 Å². The average molecular weight is 453 g/mol. The Labute approximate surface area is 181 Å². The summed E-state index contributed by atoms with van der Waals surface area (Å²) in [6.45, 7) is 3.74. The van der Waals surface area contributed by atoms with Gasteiger partial charge in [-0.2, -0.15) is 18.2 Å². The molecule has 0 aromatic carbocycles. The van der Waals surface area contributed by atoms with Crippen LogP contribution < -0.4 is 9.80 Å². The van der Waals surface area contributed by atoms with Crippen LogP contribution in [0.15, 0.2) is 11.6 Å². The molecule has 0 N–H and O–H groups in total. The smallest absolute Gasteiger partial charge is 0.434 e. The highest BCUT2D eigenvalue weighted by atomic mass is 32.1. The molecule has 2 aromatic rings. The fourth-order valence-corrected chi connectivity index (χ4v) is 5.34. The minimum Gasteiger partial charge on any atom is -0.469 e. The van der Waals surface area contributed by atoms with Crippen LogP contribution in [0.1, 0.15) is 25.5 Å². The van der Waals surface area contributed by atoms with Crippen molar-refractivity contribution in [1.82, 2.24) is 14.3 Å². The second-order valence-electron chi connectivity index (χ2n) is 8.49. The number of piperidine rings is 1. The standard InChI is InChI=1S/C20H22F3N5O2S/c1-10-3-4-28(10)19-25-17(20(21,22)23)16(11-6-24-31-9-11)18(26-19)27-7-13-12(14(13)8-27)5-15(29)30-2/h6,9-10,12-14H,3-5,7-8H2,1-2H3/t10?,12?,13-,14+. The second-order valence-corrected chi connectivity index (χ2v) is 9.15. The SMILES string of the molecule is COC(=O)CC1[C@H]2CN(c3nc(N4CCC4C)nc(C(F)(F)F)c3-c3cnsc3)C[C@@H]12. The minimum atomic E-state index is -4.62. The Bertz CT molecular complexity index is 987. The van der Waals surface area contributed by atoms with Gasteiger partial charge in [0, 0.05) is 49.2 Å². The quantitative estimate of drug-likeness (QED) is 0.642. The Morgan fingerprint density at radius 2 is 2.03 bits per heavy atom. The monoisotopic (exact) mass is 453 g/mol. The third-order valence-corrected chi connectivity index (χ3v) is 7.33. The molecule has 0 bridgehead atoms.